The van der Waals surface area contributed by atoms with Crippen molar-refractivity contribution in [3.05, 3.63) is 50.6 Å². The Morgan fingerprint density at radius 3 is 2.89 bits per heavy atom. The van der Waals surface area contributed by atoms with Gasteiger partial charge in [-0.15, -0.1) is 11.3 Å². The van der Waals surface area contributed by atoms with Gasteiger partial charge >= 0.3 is 0 Å². The SMILES string of the molecule is CC(Cc1cccs1)Nc1cc(Br)ccc1C(N)=S. The summed E-state index contributed by atoms with van der Waals surface area (Å²) in [6, 6.07) is 10.4. The molecular formula is C14H15BrN2S2. The molecule has 0 fully saturated rings. The Morgan fingerprint density at radius 1 is 1.47 bits per heavy atom. The number of thiocarbonyl (C=S) groups is 1. The van der Waals surface area contributed by atoms with Crippen LogP contribution in [0.2, 0.25) is 0 Å². The van der Waals surface area contributed by atoms with E-state index < -0.39 is 0 Å². The van der Waals surface area contributed by atoms with Gasteiger partial charge in [-0.05, 0) is 36.6 Å². The summed E-state index contributed by atoms with van der Waals surface area (Å²) in [6.45, 7) is 2.16. The van der Waals surface area contributed by atoms with Crippen LogP contribution in [0.5, 0.6) is 0 Å². The Morgan fingerprint density at radius 2 is 2.26 bits per heavy atom. The zero-order chi connectivity index (χ0) is 13.8. The summed E-state index contributed by atoms with van der Waals surface area (Å²) in [5, 5.41) is 5.58. The lowest BCUT2D eigenvalue weighted by Crippen LogP contribution is -2.21. The van der Waals surface area contributed by atoms with Crippen molar-refractivity contribution in [3.63, 3.8) is 0 Å². The van der Waals surface area contributed by atoms with Crippen molar-refractivity contribution in [2.45, 2.75) is 19.4 Å². The number of nitrogens with one attached hydrogen (secondary N) is 1. The van der Waals surface area contributed by atoms with Gasteiger partial charge in [-0.1, -0.05) is 34.2 Å². The molecule has 5 heteroatoms. The van der Waals surface area contributed by atoms with Gasteiger partial charge < -0.3 is 11.1 Å². The van der Waals surface area contributed by atoms with E-state index >= 15 is 0 Å². The van der Waals surface area contributed by atoms with Crippen LogP contribution in [0.4, 0.5) is 5.69 Å². The molecule has 1 atom stereocenters. The third-order valence-electron chi connectivity index (χ3n) is 2.74. The lowest BCUT2D eigenvalue weighted by molar-refractivity contribution is 0.800. The van der Waals surface area contributed by atoms with Crippen LogP contribution < -0.4 is 11.1 Å². The van der Waals surface area contributed by atoms with Gasteiger partial charge in [0.2, 0.25) is 0 Å². The zero-order valence-corrected chi connectivity index (χ0v) is 13.7. The average Bonchev–Trinajstić information content (AvgIpc) is 2.81. The first-order valence-electron chi connectivity index (χ1n) is 5.94. The maximum Gasteiger partial charge on any atom is 0.106 e. The second-order valence-electron chi connectivity index (χ2n) is 4.38. The van der Waals surface area contributed by atoms with E-state index in [0.717, 1.165) is 22.1 Å². The third-order valence-corrected chi connectivity index (χ3v) is 4.35. The Kier molecular flexibility index (Phi) is 4.96. The lowest BCUT2D eigenvalue weighted by atomic mass is 10.1. The summed E-state index contributed by atoms with van der Waals surface area (Å²) in [5.74, 6) is 0. The normalized spacial score (nSPS) is 12.1. The molecule has 0 aliphatic carbocycles. The molecule has 1 aromatic carbocycles. The molecule has 1 unspecified atom stereocenters. The summed E-state index contributed by atoms with van der Waals surface area (Å²) >= 11 is 10.3. The summed E-state index contributed by atoms with van der Waals surface area (Å²) in [6.07, 6.45) is 0.987. The van der Waals surface area contributed by atoms with E-state index in [4.69, 9.17) is 18.0 Å². The first kappa shape index (κ1) is 14.5. The topological polar surface area (TPSA) is 38.0 Å². The smallest absolute Gasteiger partial charge is 0.106 e. The van der Waals surface area contributed by atoms with Crippen LogP contribution in [0.3, 0.4) is 0 Å². The summed E-state index contributed by atoms with van der Waals surface area (Å²) in [4.78, 5) is 1.78. The monoisotopic (exact) mass is 354 g/mol. The van der Waals surface area contributed by atoms with E-state index in [0.29, 0.717) is 11.0 Å². The molecule has 100 valence electrons. The van der Waals surface area contributed by atoms with Crippen LogP contribution in [0.25, 0.3) is 0 Å². The first-order chi connectivity index (χ1) is 9.06. The number of halogens is 1. The minimum atomic E-state index is 0.320. The zero-order valence-electron chi connectivity index (χ0n) is 10.5. The number of benzene rings is 1. The lowest BCUT2D eigenvalue weighted by Gasteiger charge is -2.17. The van der Waals surface area contributed by atoms with Crippen molar-refractivity contribution in [1.82, 2.24) is 0 Å². The molecule has 19 heavy (non-hydrogen) atoms. The number of hydrogen-bond donors (Lipinski definition) is 2. The van der Waals surface area contributed by atoms with Crippen molar-refractivity contribution in [2.75, 3.05) is 5.32 Å². The Balaban J connectivity index is 2.13. The molecule has 2 rings (SSSR count). The predicted octanol–water partition coefficient (Wildman–Crippen LogP) is 4.19. The van der Waals surface area contributed by atoms with Gasteiger partial charge in [0.05, 0.1) is 0 Å². The fourth-order valence-electron chi connectivity index (χ4n) is 1.90. The molecule has 0 aliphatic rings. The predicted molar refractivity (Wildman–Crippen MR) is 91.1 cm³/mol. The van der Waals surface area contributed by atoms with Crippen LogP contribution in [0.1, 0.15) is 17.4 Å². The fraction of sp³-hybridized carbons (Fsp3) is 0.214. The number of hydrogen-bond acceptors (Lipinski definition) is 3. The van der Waals surface area contributed by atoms with Crippen molar-refractivity contribution in [3.8, 4) is 0 Å². The molecule has 2 nitrogen and oxygen atoms in total. The van der Waals surface area contributed by atoms with E-state index in [1.807, 2.05) is 18.2 Å². The average molecular weight is 355 g/mol. The second-order valence-corrected chi connectivity index (χ2v) is 6.77. The summed E-state index contributed by atoms with van der Waals surface area (Å²) in [5.41, 5.74) is 7.62. The van der Waals surface area contributed by atoms with Crippen LogP contribution >= 0.6 is 39.5 Å². The molecule has 0 amide bonds. The highest BCUT2D eigenvalue weighted by molar-refractivity contribution is 9.10. The molecule has 0 radical (unpaired) electrons. The molecule has 2 aromatic rings. The van der Waals surface area contributed by atoms with Crippen LogP contribution in [-0.2, 0) is 6.42 Å². The standard InChI is InChI=1S/C14H15BrN2S2/c1-9(7-11-3-2-6-19-11)17-13-8-10(15)4-5-12(13)14(16)18/h2-6,8-9,17H,7H2,1H3,(H2,16,18). The molecule has 1 aromatic heterocycles. The minimum absolute atomic E-state index is 0.320. The van der Waals surface area contributed by atoms with E-state index in [1.54, 1.807) is 11.3 Å². The van der Waals surface area contributed by atoms with E-state index in [2.05, 4.69) is 45.7 Å². The molecule has 0 bridgehead atoms. The molecule has 3 N–H and O–H groups in total. The van der Waals surface area contributed by atoms with Gasteiger partial charge in [-0.2, -0.15) is 0 Å². The molecule has 1 heterocycles. The molecule has 0 aliphatic heterocycles. The summed E-state index contributed by atoms with van der Waals surface area (Å²) in [7, 11) is 0. The van der Waals surface area contributed by atoms with Gasteiger partial charge in [0.15, 0.2) is 0 Å². The quantitative estimate of drug-likeness (QED) is 0.790. The molecule has 0 saturated heterocycles. The number of rotatable bonds is 5. The van der Waals surface area contributed by atoms with Crippen LogP contribution in [-0.4, -0.2) is 11.0 Å². The largest absolute Gasteiger partial charge is 0.389 e. The van der Waals surface area contributed by atoms with E-state index in [9.17, 15) is 0 Å². The highest BCUT2D eigenvalue weighted by Gasteiger charge is 2.10. The molecule has 0 saturated carbocycles. The Labute approximate surface area is 131 Å². The highest BCUT2D eigenvalue weighted by Crippen LogP contribution is 2.23. The van der Waals surface area contributed by atoms with Crippen molar-refractivity contribution < 1.29 is 0 Å². The number of thiophene rings is 1. The van der Waals surface area contributed by atoms with Gasteiger partial charge in [0.25, 0.3) is 0 Å². The number of anilines is 1. The van der Waals surface area contributed by atoms with Gasteiger partial charge in [0, 0.05) is 33.1 Å². The van der Waals surface area contributed by atoms with Gasteiger partial charge in [-0.3, -0.25) is 0 Å². The second kappa shape index (κ2) is 6.50. The number of nitrogens with two attached hydrogens (primary N) is 1. The third kappa shape index (κ3) is 4.03. The Bertz CT molecular complexity index is 567. The fourth-order valence-corrected chi connectivity index (χ4v) is 3.27. The first-order valence-corrected chi connectivity index (χ1v) is 8.02. The van der Waals surface area contributed by atoms with Crippen molar-refractivity contribution >= 4 is 50.2 Å². The summed E-state index contributed by atoms with van der Waals surface area (Å²) < 4.78 is 1.01. The van der Waals surface area contributed by atoms with Gasteiger partial charge in [-0.25, -0.2) is 0 Å². The van der Waals surface area contributed by atoms with E-state index in [-0.39, 0.29) is 0 Å². The van der Waals surface area contributed by atoms with Crippen LogP contribution in [0.15, 0.2) is 40.2 Å². The minimum Gasteiger partial charge on any atom is -0.389 e. The maximum atomic E-state index is 5.75. The van der Waals surface area contributed by atoms with Crippen molar-refractivity contribution in [1.29, 1.82) is 0 Å². The Hall–Kier alpha value is -0.910. The van der Waals surface area contributed by atoms with E-state index in [1.165, 1.54) is 4.88 Å². The van der Waals surface area contributed by atoms with Gasteiger partial charge in [0.1, 0.15) is 4.99 Å². The van der Waals surface area contributed by atoms with Crippen molar-refractivity contribution in [2.24, 2.45) is 5.73 Å². The highest BCUT2D eigenvalue weighted by atomic mass is 79.9. The molecule has 0 spiro atoms. The molecular weight excluding hydrogens is 340 g/mol. The maximum absolute atomic E-state index is 5.75. The van der Waals surface area contributed by atoms with Crippen LogP contribution in [0, 0.1) is 0 Å².